The van der Waals surface area contributed by atoms with Gasteiger partial charge in [0.15, 0.2) is 0 Å². The fourth-order valence-corrected chi connectivity index (χ4v) is 4.69. The number of carbonyl (C=O) groups is 2. The topological polar surface area (TPSA) is 120 Å². The molecule has 2 aromatic rings. The number of carbonyl (C=O) groups excluding carboxylic acids is 2. The van der Waals surface area contributed by atoms with Crippen molar-refractivity contribution in [2.24, 2.45) is 5.73 Å². The van der Waals surface area contributed by atoms with E-state index in [1.807, 2.05) is 42.5 Å². The second-order valence-electron chi connectivity index (χ2n) is 8.52. The highest BCUT2D eigenvalue weighted by atomic mass is 16.3. The number of nitrogens with one attached hydrogen (secondary N) is 2. The van der Waals surface area contributed by atoms with Crippen molar-refractivity contribution in [3.8, 4) is 0 Å². The van der Waals surface area contributed by atoms with E-state index in [4.69, 9.17) is 11.1 Å². The largest absolute Gasteiger partial charge is 0.384 e. The van der Waals surface area contributed by atoms with Gasteiger partial charge in [-0.3, -0.25) is 15.0 Å². The molecular formula is C24H28N4O3. The molecule has 31 heavy (non-hydrogen) atoms. The zero-order valence-electron chi connectivity index (χ0n) is 17.4. The second kappa shape index (κ2) is 8.51. The number of rotatable bonds is 6. The standard InChI is InChI=1S/C24H28N4O3/c25-21(26)18-8-6-17(7-9-18)15-27-22(29)20-11-10-19-12-13-24(31,23(30)28(19)20)14-16-4-2-1-3-5-16/h1-9,19-20,31H,10-15H2,(H3,25,26)(H,27,29)/t19?,20?,24-/m1/s1. The van der Waals surface area contributed by atoms with E-state index in [9.17, 15) is 14.7 Å². The highest BCUT2D eigenvalue weighted by molar-refractivity contribution is 5.95. The molecule has 5 N–H and O–H groups in total. The summed E-state index contributed by atoms with van der Waals surface area (Å²) in [6.45, 7) is 0.328. The van der Waals surface area contributed by atoms with Gasteiger partial charge in [0, 0.05) is 24.6 Å². The number of aliphatic hydroxyl groups is 1. The van der Waals surface area contributed by atoms with Crippen LogP contribution < -0.4 is 11.1 Å². The number of amides is 2. The maximum atomic E-state index is 13.3. The molecule has 0 saturated carbocycles. The minimum absolute atomic E-state index is 0.000756. The molecular weight excluding hydrogens is 392 g/mol. The van der Waals surface area contributed by atoms with Crippen LogP contribution in [0.3, 0.4) is 0 Å². The molecule has 2 aliphatic heterocycles. The Hall–Kier alpha value is -3.19. The first-order valence-electron chi connectivity index (χ1n) is 10.7. The van der Waals surface area contributed by atoms with E-state index < -0.39 is 11.6 Å². The van der Waals surface area contributed by atoms with Crippen LogP contribution in [0.2, 0.25) is 0 Å². The van der Waals surface area contributed by atoms with Crippen LogP contribution in [0.4, 0.5) is 0 Å². The summed E-state index contributed by atoms with van der Waals surface area (Å²) in [5.74, 6) is -0.536. The van der Waals surface area contributed by atoms with E-state index in [1.165, 1.54) is 0 Å². The summed E-state index contributed by atoms with van der Waals surface area (Å²) in [4.78, 5) is 27.8. The number of nitrogens with zero attached hydrogens (tertiary/aromatic N) is 1. The van der Waals surface area contributed by atoms with Gasteiger partial charge < -0.3 is 21.1 Å². The molecule has 162 valence electrons. The molecule has 4 rings (SSSR count). The van der Waals surface area contributed by atoms with Crippen molar-refractivity contribution in [3.05, 3.63) is 71.3 Å². The lowest BCUT2D eigenvalue weighted by Gasteiger charge is -2.42. The molecule has 2 aliphatic rings. The first kappa shape index (κ1) is 21.1. The summed E-state index contributed by atoms with van der Waals surface area (Å²) in [6.07, 6.45) is 2.75. The first-order chi connectivity index (χ1) is 14.9. The van der Waals surface area contributed by atoms with Crippen molar-refractivity contribution in [2.75, 3.05) is 0 Å². The van der Waals surface area contributed by atoms with Gasteiger partial charge in [-0.2, -0.15) is 0 Å². The number of nitrogen functional groups attached to an aromatic ring is 1. The predicted molar refractivity (Wildman–Crippen MR) is 117 cm³/mol. The number of hydrogen-bond donors (Lipinski definition) is 4. The third kappa shape index (κ3) is 4.32. The van der Waals surface area contributed by atoms with Crippen LogP contribution in [0.15, 0.2) is 54.6 Å². The molecule has 2 saturated heterocycles. The summed E-state index contributed by atoms with van der Waals surface area (Å²) >= 11 is 0. The van der Waals surface area contributed by atoms with Gasteiger partial charge in [0.2, 0.25) is 5.91 Å². The van der Waals surface area contributed by atoms with Gasteiger partial charge in [-0.25, -0.2) is 0 Å². The molecule has 2 unspecified atom stereocenters. The number of benzene rings is 2. The van der Waals surface area contributed by atoms with Gasteiger partial charge in [-0.05, 0) is 36.8 Å². The van der Waals surface area contributed by atoms with E-state index in [0.717, 1.165) is 17.5 Å². The lowest BCUT2D eigenvalue weighted by molar-refractivity contribution is -0.163. The number of nitrogens with two attached hydrogens (primary N) is 1. The maximum Gasteiger partial charge on any atom is 0.255 e. The molecule has 0 radical (unpaired) electrons. The number of fused-ring (bicyclic) bond motifs is 1. The van der Waals surface area contributed by atoms with Gasteiger partial charge in [-0.1, -0.05) is 54.6 Å². The summed E-state index contributed by atoms with van der Waals surface area (Å²) < 4.78 is 0. The monoisotopic (exact) mass is 420 g/mol. The number of piperidine rings is 1. The Morgan fingerprint density at radius 2 is 1.81 bits per heavy atom. The van der Waals surface area contributed by atoms with Crippen molar-refractivity contribution < 1.29 is 14.7 Å². The molecule has 2 aromatic carbocycles. The van der Waals surface area contributed by atoms with Gasteiger partial charge in [0.25, 0.3) is 5.91 Å². The molecule has 2 amide bonds. The molecule has 2 fully saturated rings. The number of hydrogen-bond acceptors (Lipinski definition) is 4. The van der Waals surface area contributed by atoms with Crippen LogP contribution in [-0.4, -0.2) is 45.3 Å². The van der Waals surface area contributed by atoms with Gasteiger partial charge in [-0.15, -0.1) is 0 Å². The van der Waals surface area contributed by atoms with Crippen LogP contribution in [-0.2, 0) is 22.6 Å². The lowest BCUT2D eigenvalue weighted by atomic mass is 9.83. The van der Waals surface area contributed by atoms with Crippen molar-refractivity contribution in [1.29, 1.82) is 5.41 Å². The Morgan fingerprint density at radius 3 is 2.48 bits per heavy atom. The van der Waals surface area contributed by atoms with E-state index >= 15 is 0 Å². The smallest absolute Gasteiger partial charge is 0.255 e. The molecule has 0 bridgehead atoms. The van der Waals surface area contributed by atoms with Crippen molar-refractivity contribution in [1.82, 2.24) is 10.2 Å². The van der Waals surface area contributed by atoms with Gasteiger partial charge >= 0.3 is 0 Å². The van der Waals surface area contributed by atoms with E-state index in [-0.39, 0.29) is 30.1 Å². The summed E-state index contributed by atoms with van der Waals surface area (Å²) in [6, 6.07) is 16.1. The SMILES string of the molecule is N=C(N)c1ccc(CNC(=O)C2CCC3CC[C@@](O)(Cc4ccccc4)C(=O)N32)cc1. The normalized spacial score (nSPS) is 25.2. The Bertz CT molecular complexity index is 976. The summed E-state index contributed by atoms with van der Waals surface area (Å²) in [5.41, 5.74) is 6.43. The zero-order chi connectivity index (χ0) is 22.0. The van der Waals surface area contributed by atoms with Crippen molar-refractivity contribution in [3.63, 3.8) is 0 Å². The molecule has 0 spiro atoms. The van der Waals surface area contributed by atoms with E-state index in [1.54, 1.807) is 17.0 Å². The quantitative estimate of drug-likeness (QED) is 0.420. The third-order valence-corrected chi connectivity index (χ3v) is 6.40. The van der Waals surface area contributed by atoms with Gasteiger partial charge in [0.05, 0.1) is 0 Å². The minimum atomic E-state index is -1.47. The predicted octanol–water partition coefficient (Wildman–Crippen LogP) is 1.71. The molecule has 0 aromatic heterocycles. The van der Waals surface area contributed by atoms with Crippen LogP contribution in [0.1, 0.15) is 42.4 Å². The number of amidine groups is 1. The fourth-order valence-electron chi connectivity index (χ4n) is 4.69. The second-order valence-corrected chi connectivity index (χ2v) is 8.52. The first-order valence-corrected chi connectivity index (χ1v) is 10.7. The molecule has 0 aliphatic carbocycles. The molecule has 7 nitrogen and oxygen atoms in total. The van der Waals surface area contributed by atoms with Crippen LogP contribution in [0.25, 0.3) is 0 Å². The van der Waals surface area contributed by atoms with Crippen molar-refractivity contribution >= 4 is 17.6 Å². The third-order valence-electron chi connectivity index (χ3n) is 6.40. The molecule has 3 atom stereocenters. The Morgan fingerprint density at radius 1 is 1.10 bits per heavy atom. The average Bonchev–Trinajstić information content (AvgIpc) is 3.20. The van der Waals surface area contributed by atoms with Crippen molar-refractivity contribution in [2.45, 2.75) is 56.3 Å². The fraction of sp³-hybridized carbons (Fsp3) is 0.375. The molecule has 7 heteroatoms. The Balaban J connectivity index is 1.42. The van der Waals surface area contributed by atoms with Gasteiger partial charge in [0.1, 0.15) is 17.5 Å². The zero-order valence-corrected chi connectivity index (χ0v) is 17.4. The Kier molecular flexibility index (Phi) is 5.78. The van der Waals surface area contributed by atoms with Crippen LogP contribution >= 0.6 is 0 Å². The summed E-state index contributed by atoms with van der Waals surface area (Å²) in [5, 5.41) is 21.5. The average molecular weight is 421 g/mol. The lowest BCUT2D eigenvalue weighted by Crippen LogP contribution is -2.60. The summed E-state index contributed by atoms with van der Waals surface area (Å²) in [7, 11) is 0. The van der Waals surface area contributed by atoms with E-state index in [2.05, 4.69) is 5.32 Å². The van der Waals surface area contributed by atoms with Crippen LogP contribution in [0, 0.1) is 5.41 Å². The molecule has 2 heterocycles. The van der Waals surface area contributed by atoms with Crippen LogP contribution in [0.5, 0.6) is 0 Å². The highest BCUT2D eigenvalue weighted by Crippen LogP contribution is 2.38. The Labute approximate surface area is 181 Å². The minimum Gasteiger partial charge on any atom is -0.384 e. The van der Waals surface area contributed by atoms with E-state index in [0.29, 0.717) is 31.4 Å². The highest BCUT2D eigenvalue weighted by Gasteiger charge is 2.52. The maximum absolute atomic E-state index is 13.3.